The summed E-state index contributed by atoms with van der Waals surface area (Å²) in [5.74, 6) is 6.17. The average molecular weight is 321 g/mol. The number of rotatable bonds is 4. The van der Waals surface area contributed by atoms with Crippen molar-refractivity contribution >= 4 is 17.3 Å². The maximum absolute atomic E-state index is 12.2. The normalized spacial score (nSPS) is 11.8. The maximum Gasteiger partial charge on any atom is 0.134 e. The van der Waals surface area contributed by atoms with Crippen molar-refractivity contribution in [3.8, 4) is 11.8 Å². The first-order chi connectivity index (χ1) is 10.6. The molecule has 1 atom stereocenters. The van der Waals surface area contributed by atoms with Gasteiger partial charge in [0.2, 0.25) is 0 Å². The SMILES string of the molecule is CCC(C)c1c(Cl)ncc(C#Cc2cnn(CCF)c2)c1N. The van der Waals surface area contributed by atoms with Gasteiger partial charge in [-0.3, -0.25) is 4.68 Å². The minimum absolute atomic E-state index is 0.217. The van der Waals surface area contributed by atoms with Gasteiger partial charge in [0.25, 0.3) is 0 Å². The second-order valence-electron chi connectivity index (χ2n) is 5.03. The van der Waals surface area contributed by atoms with Gasteiger partial charge >= 0.3 is 0 Å². The molecule has 0 saturated carbocycles. The Balaban J connectivity index is 2.32. The molecule has 0 aliphatic carbocycles. The molecule has 1 unspecified atom stereocenters. The molecular weight excluding hydrogens is 303 g/mol. The molecule has 0 saturated heterocycles. The molecule has 0 aliphatic heterocycles. The van der Waals surface area contributed by atoms with Crippen LogP contribution in [0.2, 0.25) is 5.15 Å². The van der Waals surface area contributed by atoms with Crippen LogP contribution < -0.4 is 5.73 Å². The van der Waals surface area contributed by atoms with Crippen LogP contribution in [-0.2, 0) is 6.54 Å². The van der Waals surface area contributed by atoms with Gasteiger partial charge in [-0.1, -0.05) is 37.3 Å². The number of hydrogen-bond acceptors (Lipinski definition) is 3. The van der Waals surface area contributed by atoms with Gasteiger partial charge < -0.3 is 5.73 Å². The summed E-state index contributed by atoms with van der Waals surface area (Å²) in [4.78, 5) is 4.17. The second-order valence-corrected chi connectivity index (χ2v) is 5.39. The quantitative estimate of drug-likeness (QED) is 0.694. The molecule has 0 radical (unpaired) electrons. The van der Waals surface area contributed by atoms with E-state index in [4.69, 9.17) is 17.3 Å². The molecule has 0 fully saturated rings. The summed E-state index contributed by atoms with van der Waals surface area (Å²) in [6.07, 6.45) is 5.78. The average Bonchev–Trinajstić information content (AvgIpc) is 2.94. The van der Waals surface area contributed by atoms with Crippen molar-refractivity contribution in [1.82, 2.24) is 14.8 Å². The van der Waals surface area contributed by atoms with E-state index in [0.717, 1.165) is 12.0 Å². The summed E-state index contributed by atoms with van der Waals surface area (Å²) in [7, 11) is 0. The Morgan fingerprint density at radius 2 is 2.18 bits per heavy atom. The molecule has 0 bridgehead atoms. The summed E-state index contributed by atoms with van der Waals surface area (Å²) < 4.78 is 13.8. The molecule has 2 aromatic rings. The predicted molar refractivity (Wildman–Crippen MR) is 86.5 cm³/mol. The highest BCUT2D eigenvalue weighted by Crippen LogP contribution is 2.32. The number of nitrogens with zero attached hydrogens (tertiary/aromatic N) is 3. The lowest BCUT2D eigenvalue weighted by atomic mass is 9.97. The fraction of sp³-hybridized carbons (Fsp3) is 0.375. The zero-order chi connectivity index (χ0) is 16.1. The van der Waals surface area contributed by atoms with Crippen LogP contribution in [0.25, 0.3) is 0 Å². The van der Waals surface area contributed by atoms with Crippen molar-refractivity contribution in [1.29, 1.82) is 0 Å². The van der Waals surface area contributed by atoms with Crippen LogP contribution in [0.5, 0.6) is 0 Å². The first-order valence-corrected chi connectivity index (χ1v) is 7.48. The van der Waals surface area contributed by atoms with Gasteiger partial charge in [0.1, 0.15) is 11.8 Å². The molecule has 0 amide bonds. The Morgan fingerprint density at radius 1 is 1.41 bits per heavy atom. The summed E-state index contributed by atoms with van der Waals surface area (Å²) >= 11 is 6.14. The summed E-state index contributed by atoms with van der Waals surface area (Å²) in [5.41, 5.74) is 8.92. The standard InChI is InChI=1S/C16H18ClFN4/c1-3-11(2)14-15(19)13(9-20-16(14)17)5-4-12-8-21-22(10-12)7-6-18/h8-11H,3,6-7H2,1-2H3,(H2,19,20). The Bertz CT molecular complexity index is 715. The van der Waals surface area contributed by atoms with Gasteiger partial charge in [0.05, 0.1) is 29.6 Å². The molecule has 0 aromatic carbocycles. The monoisotopic (exact) mass is 320 g/mol. The fourth-order valence-electron chi connectivity index (χ4n) is 2.07. The number of anilines is 1. The number of hydrogen-bond donors (Lipinski definition) is 1. The summed E-state index contributed by atoms with van der Waals surface area (Å²) in [6.45, 7) is 3.89. The van der Waals surface area contributed by atoms with Crippen LogP contribution in [0.4, 0.5) is 10.1 Å². The van der Waals surface area contributed by atoms with Crippen molar-refractivity contribution in [2.24, 2.45) is 0 Å². The van der Waals surface area contributed by atoms with Crippen LogP contribution >= 0.6 is 11.6 Å². The van der Waals surface area contributed by atoms with Crippen molar-refractivity contribution in [3.05, 3.63) is 40.4 Å². The Morgan fingerprint density at radius 3 is 2.86 bits per heavy atom. The summed E-state index contributed by atoms with van der Waals surface area (Å²) in [5, 5.41) is 4.44. The van der Waals surface area contributed by atoms with Crippen molar-refractivity contribution in [2.75, 3.05) is 12.4 Å². The van der Waals surface area contributed by atoms with Gasteiger partial charge in [-0.05, 0) is 12.3 Å². The lowest BCUT2D eigenvalue weighted by Crippen LogP contribution is -2.04. The minimum Gasteiger partial charge on any atom is -0.397 e. The zero-order valence-corrected chi connectivity index (χ0v) is 13.4. The van der Waals surface area contributed by atoms with Crippen molar-refractivity contribution in [3.63, 3.8) is 0 Å². The van der Waals surface area contributed by atoms with E-state index >= 15 is 0 Å². The Kier molecular flexibility index (Phi) is 5.40. The van der Waals surface area contributed by atoms with E-state index < -0.39 is 6.67 Å². The highest BCUT2D eigenvalue weighted by molar-refractivity contribution is 6.30. The van der Waals surface area contributed by atoms with Crippen molar-refractivity contribution < 1.29 is 4.39 Å². The summed E-state index contributed by atoms with van der Waals surface area (Å²) in [6, 6.07) is 0. The topological polar surface area (TPSA) is 56.7 Å². The molecule has 0 aliphatic rings. The largest absolute Gasteiger partial charge is 0.397 e. The van der Waals surface area contributed by atoms with Crippen LogP contribution in [0, 0.1) is 11.8 Å². The zero-order valence-electron chi connectivity index (χ0n) is 12.6. The van der Waals surface area contributed by atoms with Gasteiger partial charge in [-0.15, -0.1) is 0 Å². The van der Waals surface area contributed by atoms with E-state index in [2.05, 4.69) is 35.8 Å². The van der Waals surface area contributed by atoms with E-state index in [1.807, 2.05) is 0 Å². The highest BCUT2D eigenvalue weighted by Gasteiger charge is 2.15. The maximum atomic E-state index is 12.2. The number of aromatic nitrogens is 3. The molecule has 22 heavy (non-hydrogen) atoms. The molecular formula is C16H18ClFN4. The third-order valence-corrected chi connectivity index (χ3v) is 3.80. The number of nitrogen functional groups attached to an aromatic ring is 1. The van der Waals surface area contributed by atoms with Gasteiger partial charge in [-0.25, -0.2) is 9.37 Å². The molecule has 2 heterocycles. The van der Waals surface area contributed by atoms with Gasteiger partial charge in [0.15, 0.2) is 0 Å². The van der Waals surface area contributed by atoms with E-state index in [1.165, 1.54) is 4.68 Å². The van der Waals surface area contributed by atoms with E-state index in [-0.39, 0.29) is 12.5 Å². The number of halogens is 2. The third-order valence-electron chi connectivity index (χ3n) is 3.50. The second kappa shape index (κ2) is 7.28. The third kappa shape index (κ3) is 3.58. The number of aryl methyl sites for hydroxylation is 1. The van der Waals surface area contributed by atoms with E-state index in [0.29, 0.717) is 22.0 Å². The number of pyridine rings is 1. The molecule has 4 nitrogen and oxygen atoms in total. The molecule has 2 aromatic heterocycles. The van der Waals surface area contributed by atoms with E-state index in [9.17, 15) is 4.39 Å². The molecule has 116 valence electrons. The molecule has 2 rings (SSSR count). The van der Waals surface area contributed by atoms with Crippen LogP contribution in [0.1, 0.15) is 42.9 Å². The molecule has 6 heteroatoms. The first kappa shape index (κ1) is 16.3. The van der Waals surface area contributed by atoms with Gasteiger partial charge in [-0.2, -0.15) is 5.10 Å². The highest BCUT2D eigenvalue weighted by atomic mass is 35.5. The first-order valence-electron chi connectivity index (χ1n) is 7.11. The predicted octanol–water partition coefficient (Wildman–Crippen LogP) is 3.40. The van der Waals surface area contributed by atoms with Crippen LogP contribution in [-0.4, -0.2) is 21.4 Å². The Hall–Kier alpha value is -2.06. The van der Waals surface area contributed by atoms with Crippen molar-refractivity contribution in [2.45, 2.75) is 32.7 Å². The molecule has 0 spiro atoms. The van der Waals surface area contributed by atoms with E-state index in [1.54, 1.807) is 18.6 Å². The lowest BCUT2D eigenvalue weighted by molar-refractivity contribution is 0.427. The molecule has 2 N–H and O–H groups in total. The smallest absolute Gasteiger partial charge is 0.134 e. The fourth-order valence-corrected chi connectivity index (χ4v) is 2.40. The van der Waals surface area contributed by atoms with Crippen LogP contribution in [0.3, 0.4) is 0 Å². The minimum atomic E-state index is -0.457. The number of alkyl halides is 1. The Labute approximate surface area is 134 Å². The van der Waals surface area contributed by atoms with Crippen LogP contribution in [0.15, 0.2) is 18.6 Å². The number of nitrogens with two attached hydrogens (primary N) is 1. The van der Waals surface area contributed by atoms with Gasteiger partial charge in [0, 0.05) is 18.0 Å². The lowest BCUT2D eigenvalue weighted by Gasteiger charge is -2.14.